The summed E-state index contributed by atoms with van der Waals surface area (Å²) in [5, 5.41) is 3.53. The fourth-order valence-electron chi connectivity index (χ4n) is 2.80. The molecule has 0 fully saturated rings. The van der Waals surface area contributed by atoms with Crippen LogP contribution in [0.4, 0.5) is 0 Å². The Balaban J connectivity index is 1.52. The highest BCUT2D eigenvalue weighted by Gasteiger charge is 2.16. The normalized spacial score (nSPS) is 10.5. The van der Waals surface area contributed by atoms with Gasteiger partial charge in [0.25, 0.3) is 11.8 Å². The van der Waals surface area contributed by atoms with Crippen molar-refractivity contribution in [2.45, 2.75) is 23.4 Å². The first-order chi connectivity index (χ1) is 15.2. The van der Waals surface area contributed by atoms with Crippen LogP contribution >= 0.6 is 11.8 Å². The van der Waals surface area contributed by atoms with Gasteiger partial charge in [0.2, 0.25) is 0 Å². The number of amides is 1. The maximum Gasteiger partial charge on any atom is 0.252 e. The zero-order valence-electron chi connectivity index (χ0n) is 16.9. The predicted octanol–water partition coefficient (Wildman–Crippen LogP) is 5.05. The Kier molecular flexibility index (Phi) is 6.54. The minimum Gasteiger partial charge on any atom is -0.437 e. The molecule has 0 atom stereocenters. The Morgan fingerprint density at radius 2 is 1.68 bits per heavy atom. The lowest BCUT2D eigenvalue weighted by molar-refractivity contribution is 0.0948. The van der Waals surface area contributed by atoms with E-state index in [0.29, 0.717) is 28.8 Å². The van der Waals surface area contributed by atoms with Crippen LogP contribution in [0, 0.1) is 6.92 Å². The van der Waals surface area contributed by atoms with Crippen molar-refractivity contribution in [3.63, 3.8) is 0 Å². The highest BCUT2D eigenvalue weighted by molar-refractivity contribution is 7.99. The molecule has 1 N–H and O–H groups in total. The first kappa shape index (κ1) is 20.6. The van der Waals surface area contributed by atoms with Crippen molar-refractivity contribution < 1.29 is 9.53 Å². The van der Waals surface area contributed by atoms with Crippen molar-refractivity contribution in [3.05, 3.63) is 102 Å². The van der Waals surface area contributed by atoms with Gasteiger partial charge in [-0.05, 0) is 48.9 Å². The second kappa shape index (κ2) is 9.86. The molecule has 0 saturated carbocycles. The van der Waals surface area contributed by atoms with Crippen molar-refractivity contribution in [3.8, 4) is 11.6 Å². The number of aryl methyl sites for hydroxylation is 1. The molecule has 2 aromatic heterocycles. The summed E-state index contributed by atoms with van der Waals surface area (Å²) >= 11 is 1.34. The summed E-state index contributed by atoms with van der Waals surface area (Å²) in [6, 6.07) is 18.9. The maximum absolute atomic E-state index is 12.8. The molecule has 154 valence electrons. The van der Waals surface area contributed by atoms with E-state index >= 15 is 0 Å². The van der Waals surface area contributed by atoms with Crippen LogP contribution in [0.25, 0.3) is 0 Å². The minimum absolute atomic E-state index is 0.162. The molecule has 0 unspecified atom stereocenters. The number of rotatable bonds is 7. The van der Waals surface area contributed by atoms with E-state index in [4.69, 9.17) is 4.74 Å². The van der Waals surface area contributed by atoms with Crippen molar-refractivity contribution >= 4 is 17.7 Å². The van der Waals surface area contributed by atoms with Crippen LogP contribution in [0.5, 0.6) is 11.6 Å². The summed E-state index contributed by atoms with van der Waals surface area (Å²) in [6.45, 7) is 2.44. The number of nitrogens with one attached hydrogen (secondary N) is 1. The van der Waals surface area contributed by atoms with Crippen LogP contribution in [0.3, 0.4) is 0 Å². The molecule has 1 amide bonds. The number of ether oxygens (including phenoxy) is 1. The summed E-state index contributed by atoms with van der Waals surface area (Å²) in [5.41, 5.74) is 2.69. The summed E-state index contributed by atoms with van der Waals surface area (Å²) in [6.07, 6.45) is 6.60. The molecule has 2 heterocycles. The van der Waals surface area contributed by atoms with Crippen LogP contribution in [-0.4, -0.2) is 20.9 Å². The largest absolute Gasteiger partial charge is 0.437 e. The van der Waals surface area contributed by atoms with Crippen LogP contribution in [0.2, 0.25) is 0 Å². The number of nitrogens with zero attached hydrogens (tertiary/aromatic N) is 3. The van der Waals surface area contributed by atoms with Gasteiger partial charge in [0, 0.05) is 36.2 Å². The number of carbonyl (C=O) groups excluding carboxylic acids is 1. The van der Waals surface area contributed by atoms with Gasteiger partial charge in [-0.3, -0.25) is 9.78 Å². The summed E-state index contributed by atoms with van der Waals surface area (Å²) in [7, 11) is 0. The van der Waals surface area contributed by atoms with Crippen molar-refractivity contribution in [2.24, 2.45) is 0 Å². The van der Waals surface area contributed by atoms with Gasteiger partial charge in [-0.25, -0.2) is 9.97 Å². The van der Waals surface area contributed by atoms with Crippen LogP contribution in [-0.2, 0) is 6.54 Å². The van der Waals surface area contributed by atoms with Gasteiger partial charge in [-0.15, -0.1) is 0 Å². The Hall–Kier alpha value is -3.71. The number of benzene rings is 2. The molecule has 0 aliphatic carbocycles. The Morgan fingerprint density at radius 1 is 0.935 bits per heavy atom. The first-order valence-electron chi connectivity index (χ1n) is 9.68. The molecular formula is C24H20N4O2S. The fraction of sp³-hybridized carbons (Fsp3) is 0.0833. The van der Waals surface area contributed by atoms with Crippen LogP contribution in [0.1, 0.15) is 21.5 Å². The summed E-state index contributed by atoms with van der Waals surface area (Å²) in [4.78, 5) is 26.3. The molecule has 4 aromatic rings. The quantitative estimate of drug-likeness (QED) is 0.444. The minimum atomic E-state index is -0.162. The topological polar surface area (TPSA) is 77.0 Å². The molecule has 0 saturated heterocycles. The Labute approximate surface area is 184 Å². The lowest BCUT2D eigenvalue weighted by atomic mass is 10.2. The van der Waals surface area contributed by atoms with E-state index in [9.17, 15) is 4.79 Å². The third kappa shape index (κ3) is 5.46. The second-order valence-corrected chi connectivity index (χ2v) is 7.75. The number of hydrogen-bond donors (Lipinski definition) is 1. The highest BCUT2D eigenvalue weighted by Crippen LogP contribution is 2.35. The lowest BCUT2D eigenvalue weighted by Gasteiger charge is -2.12. The van der Waals surface area contributed by atoms with Crippen molar-refractivity contribution in [1.29, 1.82) is 0 Å². The molecular weight excluding hydrogens is 408 g/mol. The number of carbonyl (C=O) groups is 1. The summed E-state index contributed by atoms with van der Waals surface area (Å²) in [5.74, 6) is 0.907. The molecule has 0 aliphatic rings. The van der Waals surface area contributed by atoms with E-state index in [1.807, 2.05) is 61.5 Å². The van der Waals surface area contributed by atoms with Crippen LogP contribution < -0.4 is 10.1 Å². The molecule has 2 aromatic carbocycles. The molecule has 0 radical (unpaired) electrons. The van der Waals surface area contributed by atoms with Crippen molar-refractivity contribution in [1.82, 2.24) is 20.3 Å². The average molecular weight is 429 g/mol. The zero-order valence-corrected chi connectivity index (χ0v) is 17.7. The van der Waals surface area contributed by atoms with E-state index in [1.165, 1.54) is 11.8 Å². The van der Waals surface area contributed by atoms with E-state index in [0.717, 1.165) is 16.0 Å². The molecule has 4 rings (SSSR count). The van der Waals surface area contributed by atoms with E-state index in [2.05, 4.69) is 20.3 Å². The molecule has 0 spiro atoms. The zero-order chi connectivity index (χ0) is 21.5. The van der Waals surface area contributed by atoms with E-state index in [1.54, 1.807) is 30.9 Å². The molecule has 0 bridgehead atoms. The average Bonchev–Trinajstić information content (AvgIpc) is 2.81. The molecule has 7 heteroatoms. The number of aromatic nitrogens is 3. The predicted molar refractivity (Wildman–Crippen MR) is 119 cm³/mol. The smallest absolute Gasteiger partial charge is 0.252 e. The van der Waals surface area contributed by atoms with E-state index < -0.39 is 0 Å². The molecule has 31 heavy (non-hydrogen) atoms. The molecule has 0 aliphatic heterocycles. The number of pyridine rings is 1. The van der Waals surface area contributed by atoms with Crippen LogP contribution in [0.15, 0.2) is 95.4 Å². The van der Waals surface area contributed by atoms with Crippen molar-refractivity contribution in [2.75, 3.05) is 0 Å². The third-order valence-corrected chi connectivity index (χ3v) is 5.46. The standard InChI is InChI=1S/C24H20N4O2S/c1-17-6-8-19(9-7-17)30-23-24(27-15-14-26-23)31-21-5-3-2-4-20(21)22(29)28-16-18-10-12-25-13-11-18/h2-15H,16H2,1H3,(H,28,29). The first-order valence-corrected chi connectivity index (χ1v) is 10.5. The van der Waals surface area contributed by atoms with Gasteiger partial charge >= 0.3 is 0 Å². The maximum atomic E-state index is 12.8. The van der Waals surface area contributed by atoms with Gasteiger partial charge < -0.3 is 10.1 Å². The van der Waals surface area contributed by atoms with Gasteiger partial charge in [0.15, 0.2) is 5.03 Å². The summed E-state index contributed by atoms with van der Waals surface area (Å²) < 4.78 is 5.94. The molecule has 6 nitrogen and oxygen atoms in total. The Bertz CT molecular complexity index is 1170. The third-order valence-electron chi connectivity index (χ3n) is 4.41. The van der Waals surface area contributed by atoms with Gasteiger partial charge in [-0.2, -0.15) is 0 Å². The van der Waals surface area contributed by atoms with Gasteiger partial charge in [0.1, 0.15) is 5.75 Å². The Morgan fingerprint density at radius 3 is 2.48 bits per heavy atom. The second-order valence-electron chi connectivity index (χ2n) is 6.72. The van der Waals surface area contributed by atoms with Gasteiger partial charge in [0.05, 0.1) is 5.56 Å². The fourth-order valence-corrected chi connectivity index (χ4v) is 3.72. The van der Waals surface area contributed by atoms with Gasteiger partial charge in [-0.1, -0.05) is 41.6 Å². The van der Waals surface area contributed by atoms with E-state index in [-0.39, 0.29) is 5.91 Å². The highest BCUT2D eigenvalue weighted by atomic mass is 32.2. The SMILES string of the molecule is Cc1ccc(Oc2nccnc2Sc2ccccc2C(=O)NCc2ccncc2)cc1. The lowest BCUT2D eigenvalue weighted by Crippen LogP contribution is -2.23. The monoisotopic (exact) mass is 428 g/mol. The number of hydrogen-bond acceptors (Lipinski definition) is 6.